The number of carbonyl (C=O) groups excluding carboxylic acids is 1. The molecule has 2 nitrogen and oxygen atoms in total. The van der Waals surface area contributed by atoms with Crippen molar-refractivity contribution < 1.29 is 9.90 Å². The average molecular weight is 221 g/mol. The van der Waals surface area contributed by atoms with E-state index in [2.05, 4.69) is 15.9 Å². The van der Waals surface area contributed by atoms with Crippen molar-refractivity contribution in [3.8, 4) is 0 Å². The normalized spacial score (nSPS) is 38.6. The van der Waals surface area contributed by atoms with Crippen molar-refractivity contribution in [2.75, 3.05) is 0 Å². The van der Waals surface area contributed by atoms with Crippen molar-refractivity contribution in [1.29, 1.82) is 0 Å². The lowest BCUT2D eigenvalue weighted by molar-refractivity contribution is -0.125. The third-order valence-electron chi connectivity index (χ3n) is 2.27. The number of alkyl halides is 1. The molecule has 0 amide bonds. The van der Waals surface area contributed by atoms with E-state index in [9.17, 15) is 9.90 Å². The van der Waals surface area contributed by atoms with Crippen LogP contribution in [-0.4, -0.2) is 21.8 Å². The van der Waals surface area contributed by atoms with Crippen LogP contribution in [-0.2, 0) is 4.79 Å². The van der Waals surface area contributed by atoms with E-state index in [1.165, 1.54) is 0 Å². The first-order valence-electron chi connectivity index (χ1n) is 3.94. The van der Waals surface area contributed by atoms with Crippen molar-refractivity contribution in [2.45, 2.75) is 37.1 Å². The van der Waals surface area contributed by atoms with Crippen LogP contribution in [0.5, 0.6) is 0 Å². The molecule has 1 aliphatic carbocycles. The van der Waals surface area contributed by atoms with E-state index in [0.29, 0.717) is 4.83 Å². The molecule has 3 unspecified atom stereocenters. The Morgan fingerprint density at radius 2 is 2.18 bits per heavy atom. The molecule has 0 aromatic heterocycles. The number of rotatable bonds is 1. The van der Waals surface area contributed by atoms with Gasteiger partial charge in [0.05, 0.1) is 6.10 Å². The Hall–Kier alpha value is 0.110. The molecule has 0 bridgehead atoms. The van der Waals surface area contributed by atoms with Crippen LogP contribution in [0.1, 0.15) is 26.2 Å². The van der Waals surface area contributed by atoms with Crippen LogP contribution in [0.15, 0.2) is 0 Å². The summed E-state index contributed by atoms with van der Waals surface area (Å²) in [5, 5.41) is 9.42. The Bertz CT molecular complexity index is 158. The topological polar surface area (TPSA) is 37.3 Å². The average Bonchev–Trinajstić information content (AvgIpc) is 1.94. The summed E-state index contributed by atoms with van der Waals surface area (Å²) in [5.41, 5.74) is 0. The highest BCUT2D eigenvalue weighted by molar-refractivity contribution is 9.09. The third-order valence-corrected chi connectivity index (χ3v) is 3.10. The predicted octanol–water partition coefficient (Wildman–Crippen LogP) is 1.50. The Morgan fingerprint density at radius 3 is 2.64 bits per heavy atom. The van der Waals surface area contributed by atoms with Crippen molar-refractivity contribution in [1.82, 2.24) is 0 Å². The van der Waals surface area contributed by atoms with Gasteiger partial charge in [-0.3, -0.25) is 4.79 Å². The van der Waals surface area contributed by atoms with Crippen LogP contribution in [0.25, 0.3) is 0 Å². The second kappa shape index (κ2) is 3.68. The van der Waals surface area contributed by atoms with E-state index in [4.69, 9.17) is 0 Å². The van der Waals surface area contributed by atoms with E-state index >= 15 is 0 Å². The molecule has 1 fully saturated rings. The fraction of sp³-hybridized carbons (Fsp3) is 0.875. The first-order chi connectivity index (χ1) is 5.11. The molecule has 0 aromatic rings. The molecule has 11 heavy (non-hydrogen) atoms. The molecule has 0 heterocycles. The number of hydrogen-bond donors (Lipinski definition) is 1. The van der Waals surface area contributed by atoms with Crippen molar-refractivity contribution in [3.63, 3.8) is 0 Å². The molecule has 1 saturated carbocycles. The van der Waals surface area contributed by atoms with Gasteiger partial charge in [-0.25, -0.2) is 0 Å². The Balaban J connectivity index is 2.54. The van der Waals surface area contributed by atoms with E-state index in [-0.39, 0.29) is 11.7 Å². The zero-order chi connectivity index (χ0) is 8.43. The van der Waals surface area contributed by atoms with Gasteiger partial charge in [0, 0.05) is 10.7 Å². The summed E-state index contributed by atoms with van der Waals surface area (Å²) in [7, 11) is 0. The van der Waals surface area contributed by atoms with Crippen LogP contribution in [0, 0.1) is 5.92 Å². The van der Waals surface area contributed by atoms with Gasteiger partial charge in [0.1, 0.15) is 5.78 Å². The third kappa shape index (κ3) is 2.27. The molecule has 0 saturated heterocycles. The van der Waals surface area contributed by atoms with Crippen LogP contribution in [0.4, 0.5) is 0 Å². The molecule has 3 atom stereocenters. The van der Waals surface area contributed by atoms with Gasteiger partial charge in [0.25, 0.3) is 0 Å². The summed E-state index contributed by atoms with van der Waals surface area (Å²) in [6, 6.07) is 0. The molecule has 64 valence electrons. The van der Waals surface area contributed by atoms with Crippen LogP contribution >= 0.6 is 15.9 Å². The van der Waals surface area contributed by atoms with Gasteiger partial charge in [0.15, 0.2) is 0 Å². The van der Waals surface area contributed by atoms with Gasteiger partial charge >= 0.3 is 0 Å². The van der Waals surface area contributed by atoms with Gasteiger partial charge < -0.3 is 5.11 Å². The molecule has 3 heteroatoms. The summed E-state index contributed by atoms with van der Waals surface area (Å²) < 4.78 is 0. The molecular formula is C8H13BrO2. The van der Waals surface area contributed by atoms with Gasteiger partial charge in [-0.15, -0.1) is 0 Å². The highest BCUT2D eigenvalue weighted by atomic mass is 79.9. The lowest BCUT2D eigenvalue weighted by Crippen LogP contribution is -2.33. The van der Waals surface area contributed by atoms with Crippen LogP contribution in [0.2, 0.25) is 0 Å². The zero-order valence-corrected chi connectivity index (χ0v) is 8.17. The second-order valence-corrected chi connectivity index (χ2v) is 4.49. The SMILES string of the molecule is CC(=O)C1CC(Br)CCC1O. The minimum Gasteiger partial charge on any atom is -0.392 e. The first-order valence-corrected chi connectivity index (χ1v) is 4.85. The molecule has 1 N–H and O–H groups in total. The molecule has 0 spiro atoms. The number of Topliss-reactive ketones (excluding diaryl/α,β-unsaturated/α-hetero) is 1. The predicted molar refractivity (Wildman–Crippen MR) is 46.7 cm³/mol. The molecule has 0 aromatic carbocycles. The second-order valence-electron chi connectivity index (χ2n) is 3.19. The standard InChI is InChI=1S/C8H13BrO2/c1-5(10)7-4-6(9)2-3-8(7)11/h6-8,11H,2-4H2,1H3. The maximum atomic E-state index is 11.0. The van der Waals surface area contributed by atoms with Crippen molar-refractivity contribution >= 4 is 21.7 Å². The van der Waals surface area contributed by atoms with Gasteiger partial charge in [-0.2, -0.15) is 0 Å². The summed E-state index contributed by atoms with van der Waals surface area (Å²) in [6.07, 6.45) is 2.11. The number of aliphatic hydroxyl groups excluding tert-OH is 1. The highest BCUT2D eigenvalue weighted by Crippen LogP contribution is 2.29. The molecule has 1 aliphatic rings. The highest BCUT2D eigenvalue weighted by Gasteiger charge is 2.30. The maximum absolute atomic E-state index is 11.0. The largest absolute Gasteiger partial charge is 0.392 e. The maximum Gasteiger partial charge on any atom is 0.135 e. The quantitative estimate of drug-likeness (QED) is 0.681. The zero-order valence-electron chi connectivity index (χ0n) is 6.59. The monoisotopic (exact) mass is 220 g/mol. The number of ketones is 1. The van der Waals surface area contributed by atoms with Crippen molar-refractivity contribution in [2.24, 2.45) is 5.92 Å². The Labute approximate surface area is 75.1 Å². The molecule has 0 radical (unpaired) electrons. The van der Waals surface area contributed by atoms with Crippen LogP contribution in [0.3, 0.4) is 0 Å². The molecular weight excluding hydrogens is 208 g/mol. The smallest absolute Gasteiger partial charge is 0.135 e. The fourth-order valence-electron chi connectivity index (χ4n) is 1.54. The summed E-state index contributed by atoms with van der Waals surface area (Å²) >= 11 is 3.46. The minimum absolute atomic E-state index is 0.113. The first kappa shape index (κ1) is 9.20. The fourth-order valence-corrected chi connectivity index (χ4v) is 2.21. The van der Waals surface area contributed by atoms with Gasteiger partial charge in [0.2, 0.25) is 0 Å². The van der Waals surface area contributed by atoms with E-state index < -0.39 is 6.10 Å². The Morgan fingerprint density at radius 1 is 1.55 bits per heavy atom. The van der Waals surface area contributed by atoms with E-state index in [1.54, 1.807) is 6.92 Å². The number of aliphatic hydroxyl groups is 1. The lowest BCUT2D eigenvalue weighted by atomic mass is 9.84. The molecule has 1 rings (SSSR count). The number of hydrogen-bond acceptors (Lipinski definition) is 2. The summed E-state index contributed by atoms with van der Waals surface area (Å²) in [5.74, 6) is -0.0187. The molecule has 0 aliphatic heterocycles. The minimum atomic E-state index is -0.402. The number of halogens is 1. The van der Waals surface area contributed by atoms with Crippen LogP contribution < -0.4 is 0 Å². The van der Waals surface area contributed by atoms with Gasteiger partial charge in [-0.05, 0) is 26.2 Å². The summed E-state index contributed by atoms with van der Waals surface area (Å²) in [6.45, 7) is 1.55. The van der Waals surface area contributed by atoms with E-state index in [1.807, 2.05) is 0 Å². The summed E-state index contributed by atoms with van der Waals surface area (Å²) in [4.78, 5) is 11.4. The number of carbonyl (C=O) groups is 1. The van der Waals surface area contributed by atoms with E-state index in [0.717, 1.165) is 19.3 Å². The van der Waals surface area contributed by atoms with Gasteiger partial charge in [-0.1, -0.05) is 15.9 Å². The Kier molecular flexibility index (Phi) is 3.07. The lowest BCUT2D eigenvalue weighted by Gasteiger charge is -2.28. The van der Waals surface area contributed by atoms with Crippen molar-refractivity contribution in [3.05, 3.63) is 0 Å².